The van der Waals surface area contributed by atoms with Crippen LogP contribution in [0.1, 0.15) is 46.0 Å². The van der Waals surface area contributed by atoms with Crippen molar-refractivity contribution in [2.24, 2.45) is 5.92 Å². The summed E-state index contributed by atoms with van der Waals surface area (Å²) < 4.78 is 0. The standard InChI is InChI=1S/C16H27N3O2/c1-11(2)9-12-16(21)19(10-15(20)17-12)14-6-8-18-7-4-3-5-13(14)18/h11-14H,3-10H2,1-2H3,(H,17,20). The first-order valence-electron chi connectivity index (χ1n) is 8.40. The van der Waals surface area contributed by atoms with Gasteiger partial charge in [0.2, 0.25) is 11.8 Å². The van der Waals surface area contributed by atoms with Gasteiger partial charge in [0.05, 0.1) is 6.54 Å². The molecule has 3 aliphatic heterocycles. The Bertz CT molecular complexity index is 424. The number of nitrogens with zero attached hydrogens (tertiary/aromatic N) is 2. The van der Waals surface area contributed by atoms with Crippen molar-refractivity contribution in [2.45, 2.75) is 64.1 Å². The lowest BCUT2D eigenvalue weighted by molar-refractivity contribution is -0.147. The summed E-state index contributed by atoms with van der Waals surface area (Å²) in [6.07, 6.45) is 5.46. The highest BCUT2D eigenvalue weighted by Gasteiger charge is 2.44. The van der Waals surface area contributed by atoms with Gasteiger partial charge in [0.15, 0.2) is 0 Å². The van der Waals surface area contributed by atoms with Crippen molar-refractivity contribution in [3.05, 3.63) is 0 Å². The Morgan fingerprint density at radius 2 is 1.95 bits per heavy atom. The first-order chi connectivity index (χ1) is 10.1. The van der Waals surface area contributed by atoms with Crippen molar-refractivity contribution >= 4 is 11.8 Å². The quantitative estimate of drug-likeness (QED) is 0.844. The van der Waals surface area contributed by atoms with Crippen LogP contribution in [-0.4, -0.2) is 59.4 Å². The van der Waals surface area contributed by atoms with Crippen molar-refractivity contribution in [1.82, 2.24) is 15.1 Å². The van der Waals surface area contributed by atoms with E-state index in [0.717, 1.165) is 25.9 Å². The van der Waals surface area contributed by atoms with E-state index in [1.165, 1.54) is 19.3 Å². The molecule has 3 fully saturated rings. The summed E-state index contributed by atoms with van der Waals surface area (Å²) in [6.45, 7) is 6.68. The number of carbonyl (C=O) groups is 2. The van der Waals surface area contributed by atoms with E-state index in [4.69, 9.17) is 0 Å². The summed E-state index contributed by atoms with van der Waals surface area (Å²) in [7, 11) is 0. The number of hydrogen-bond acceptors (Lipinski definition) is 3. The number of nitrogens with one attached hydrogen (secondary N) is 1. The van der Waals surface area contributed by atoms with Crippen molar-refractivity contribution in [3.8, 4) is 0 Å². The molecule has 0 aliphatic carbocycles. The second kappa shape index (κ2) is 5.95. The fourth-order valence-corrected chi connectivity index (χ4v) is 4.23. The average Bonchev–Trinajstić information content (AvgIpc) is 2.86. The Kier molecular flexibility index (Phi) is 4.20. The Hall–Kier alpha value is -1.10. The zero-order valence-corrected chi connectivity index (χ0v) is 13.2. The van der Waals surface area contributed by atoms with Gasteiger partial charge in [0, 0.05) is 18.6 Å². The second-order valence-electron chi connectivity index (χ2n) is 7.17. The Morgan fingerprint density at radius 1 is 1.14 bits per heavy atom. The summed E-state index contributed by atoms with van der Waals surface area (Å²) in [5.41, 5.74) is 0. The molecule has 5 heteroatoms. The van der Waals surface area contributed by atoms with Gasteiger partial charge in [-0.25, -0.2) is 0 Å². The maximum atomic E-state index is 12.8. The molecule has 5 nitrogen and oxygen atoms in total. The predicted octanol–water partition coefficient (Wildman–Crippen LogP) is 0.986. The zero-order chi connectivity index (χ0) is 15.0. The molecule has 0 aromatic rings. The van der Waals surface area contributed by atoms with Crippen LogP contribution < -0.4 is 5.32 Å². The van der Waals surface area contributed by atoms with Gasteiger partial charge in [-0.05, 0) is 38.1 Å². The lowest BCUT2D eigenvalue weighted by atomic mass is 9.95. The summed E-state index contributed by atoms with van der Waals surface area (Å²) in [5, 5.41) is 2.88. The molecule has 0 spiro atoms. The van der Waals surface area contributed by atoms with E-state index in [1.54, 1.807) is 0 Å². The molecule has 0 radical (unpaired) electrons. The number of fused-ring (bicyclic) bond motifs is 1. The Labute approximate surface area is 127 Å². The summed E-state index contributed by atoms with van der Waals surface area (Å²) in [4.78, 5) is 29.2. The molecule has 0 aromatic carbocycles. The molecule has 3 rings (SSSR count). The molecular formula is C16H27N3O2. The molecule has 3 atom stereocenters. The first-order valence-corrected chi connectivity index (χ1v) is 8.40. The average molecular weight is 293 g/mol. The molecule has 3 heterocycles. The van der Waals surface area contributed by atoms with Gasteiger partial charge in [0.1, 0.15) is 6.04 Å². The minimum absolute atomic E-state index is 0.00881. The molecule has 21 heavy (non-hydrogen) atoms. The van der Waals surface area contributed by atoms with Crippen molar-refractivity contribution in [2.75, 3.05) is 19.6 Å². The largest absolute Gasteiger partial charge is 0.343 e. The van der Waals surface area contributed by atoms with Gasteiger partial charge in [-0.15, -0.1) is 0 Å². The highest BCUT2D eigenvalue weighted by atomic mass is 16.2. The van der Waals surface area contributed by atoms with Crippen LogP contribution in [0, 0.1) is 5.92 Å². The smallest absolute Gasteiger partial charge is 0.245 e. The minimum atomic E-state index is -0.316. The molecule has 3 saturated heterocycles. The van der Waals surface area contributed by atoms with E-state index >= 15 is 0 Å². The van der Waals surface area contributed by atoms with Gasteiger partial charge in [0.25, 0.3) is 0 Å². The molecular weight excluding hydrogens is 266 g/mol. The molecule has 3 aliphatic rings. The third kappa shape index (κ3) is 2.93. The third-order valence-electron chi connectivity index (χ3n) is 5.16. The molecule has 0 bridgehead atoms. The second-order valence-corrected chi connectivity index (χ2v) is 7.17. The van der Waals surface area contributed by atoms with Crippen molar-refractivity contribution in [3.63, 3.8) is 0 Å². The zero-order valence-electron chi connectivity index (χ0n) is 13.2. The number of rotatable bonds is 3. The van der Waals surface area contributed by atoms with Crippen LogP contribution in [0.2, 0.25) is 0 Å². The highest BCUT2D eigenvalue weighted by Crippen LogP contribution is 2.31. The van der Waals surface area contributed by atoms with E-state index in [9.17, 15) is 9.59 Å². The Balaban J connectivity index is 1.74. The topological polar surface area (TPSA) is 52.7 Å². The van der Waals surface area contributed by atoms with E-state index in [2.05, 4.69) is 24.1 Å². The fraction of sp³-hybridized carbons (Fsp3) is 0.875. The number of amides is 2. The summed E-state index contributed by atoms with van der Waals surface area (Å²) in [6, 6.07) is 0.413. The lowest BCUT2D eigenvalue weighted by Gasteiger charge is -2.41. The number of piperidine rings is 1. The molecule has 0 aromatic heterocycles. The van der Waals surface area contributed by atoms with Crippen molar-refractivity contribution in [1.29, 1.82) is 0 Å². The highest BCUT2D eigenvalue weighted by molar-refractivity contribution is 5.95. The normalized spacial score (nSPS) is 34.2. The van der Waals surface area contributed by atoms with Gasteiger partial charge < -0.3 is 10.2 Å². The molecule has 1 N–H and O–H groups in total. The molecule has 118 valence electrons. The molecule has 0 saturated carbocycles. The third-order valence-corrected chi connectivity index (χ3v) is 5.16. The maximum absolute atomic E-state index is 12.8. The van der Waals surface area contributed by atoms with E-state index in [0.29, 0.717) is 12.0 Å². The number of carbonyl (C=O) groups excluding carboxylic acids is 2. The van der Waals surface area contributed by atoms with Crippen LogP contribution in [0.3, 0.4) is 0 Å². The van der Waals surface area contributed by atoms with E-state index in [1.807, 2.05) is 4.90 Å². The van der Waals surface area contributed by atoms with Crippen molar-refractivity contribution < 1.29 is 9.59 Å². The van der Waals surface area contributed by atoms with Crippen LogP contribution in [0.5, 0.6) is 0 Å². The van der Waals surface area contributed by atoms with E-state index in [-0.39, 0.29) is 30.4 Å². The van der Waals surface area contributed by atoms with Gasteiger partial charge in [-0.3, -0.25) is 14.5 Å². The maximum Gasteiger partial charge on any atom is 0.245 e. The van der Waals surface area contributed by atoms with Crippen LogP contribution >= 0.6 is 0 Å². The van der Waals surface area contributed by atoms with Crippen LogP contribution in [0.25, 0.3) is 0 Å². The number of hydrogen-bond donors (Lipinski definition) is 1. The van der Waals surface area contributed by atoms with Crippen LogP contribution in [-0.2, 0) is 9.59 Å². The monoisotopic (exact) mass is 293 g/mol. The number of piperazine rings is 1. The first kappa shape index (κ1) is 14.8. The fourth-order valence-electron chi connectivity index (χ4n) is 4.23. The Morgan fingerprint density at radius 3 is 2.71 bits per heavy atom. The summed E-state index contributed by atoms with van der Waals surface area (Å²) in [5.74, 6) is 0.559. The van der Waals surface area contributed by atoms with Gasteiger partial charge in [-0.2, -0.15) is 0 Å². The van der Waals surface area contributed by atoms with Gasteiger partial charge in [-0.1, -0.05) is 20.3 Å². The lowest BCUT2D eigenvalue weighted by Crippen LogP contribution is -2.62. The molecule has 3 unspecified atom stereocenters. The minimum Gasteiger partial charge on any atom is -0.343 e. The van der Waals surface area contributed by atoms with Crippen LogP contribution in [0.4, 0.5) is 0 Å². The van der Waals surface area contributed by atoms with Crippen LogP contribution in [0.15, 0.2) is 0 Å². The summed E-state index contributed by atoms with van der Waals surface area (Å²) >= 11 is 0. The molecule has 2 amide bonds. The predicted molar refractivity (Wildman–Crippen MR) is 80.7 cm³/mol. The SMILES string of the molecule is CC(C)CC1NC(=O)CN(C2CCN3CCCCC23)C1=O. The van der Waals surface area contributed by atoms with E-state index < -0.39 is 0 Å². The van der Waals surface area contributed by atoms with Gasteiger partial charge >= 0.3 is 0 Å².